The van der Waals surface area contributed by atoms with Crippen LogP contribution in [0.25, 0.3) is 0 Å². The average molecular weight is 352 g/mol. The molecule has 1 aromatic rings. The van der Waals surface area contributed by atoms with Gasteiger partial charge in [-0.3, -0.25) is 4.79 Å². The summed E-state index contributed by atoms with van der Waals surface area (Å²) in [6.45, 7) is -1.20. The fraction of sp³-hybridized carbons (Fsp3) is 0.429. The number of halogens is 6. The smallest absolute Gasteiger partial charge is 0.417 e. The predicted molar refractivity (Wildman–Crippen MR) is 69.0 cm³/mol. The van der Waals surface area contributed by atoms with Crippen molar-refractivity contribution in [2.75, 3.05) is 18.0 Å². The van der Waals surface area contributed by atoms with Gasteiger partial charge in [-0.2, -0.15) is 31.6 Å². The van der Waals surface area contributed by atoms with E-state index in [-0.39, 0.29) is 5.69 Å². The summed E-state index contributed by atoms with van der Waals surface area (Å²) in [6, 6.07) is 3.71. The number of alkyl halides is 6. The molecule has 1 aliphatic heterocycles. The highest BCUT2D eigenvalue weighted by Gasteiger charge is 2.52. The molecule has 1 fully saturated rings. The highest BCUT2D eigenvalue weighted by atomic mass is 19.4. The van der Waals surface area contributed by atoms with Gasteiger partial charge in [0.25, 0.3) is 0 Å². The number of hydrogen-bond acceptors (Lipinski definition) is 3. The summed E-state index contributed by atoms with van der Waals surface area (Å²) in [5.41, 5.74) is -1.99. The lowest BCUT2D eigenvalue weighted by molar-refractivity contribution is -0.187. The van der Waals surface area contributed by atoms with E-state index in [1.165, 1.54) is 6.07 Å². The summed E-state index contributed by atoms with van der Waals surface area (Å²) in [5, 5.41) is 17.8. The molecule has 1 N–H and O–H groups in total. The van der Waals surface area contributed by atoms with Crippen molar-refractivity contribution < 1.29 is 36.2 Å². The lowest BCUT2D eigenvalue weighted by Crippen LogP contribution is -2.33. The van der Waals surface area contributed by atoms with Gasteiger partial charge in [-0.05, 0) is 18.2 Å². The van der Waals surface area contributed by atoms with Crippen molar-refractivity contribution in [3.8, 4) is 6.07 Å². The maximum absolute atomic E-state index is 12.9. The van der Waals surface area contributed by atoms with Crippen LogP contribution < -0.4 is 4.90 Å². The number of nitrogens with zero attached hydrogens (tertiary/aromatic N) is 2. The Morgan fingerprint density at radius 2 is 1.83 bits per heavy atom. The first-order valence-corrected chi connectivity index (χ1v) is 6.61. The van der Waals surface area contributed by atoms with Gasteiger partial charge in [0, 0.05) is 18.8 Å². The number of rotatable bonds is 2. The molecule has 0 saturated carbocycles. The molecule has 0 unspecified atom stereocenters. The SMILES string of the molecule is N#Cc1cc(N2C[C@@H](C(F)(F)F)[C@H](C(=O)O)C2)ccc1C(F)(F)F. The van der Waals surface area contributed by atoms with Gasteiger partial charge < -0.3 is 10.0 Å². The minimum absolute atomic E-state index is 0.0578. The van der Waals surface area contributed by atoms with Crippen LogP contribution in [0.3, 0.4) is 0 Å². The van der Waals surface area contributed by atoms with Crippen molar-refractivity contribution in [2.24, 2.45) is 11.8 Å². The maximum Gasteiger partial charge on any atom is 0.417 e. The first-order chi connectivity index (χ1) is 10.9. The standard InChI is InChI=1S/C14H10F6N2O2/c15-13(16,17)10-2-1-8(3-7(10)4-21)22-5-9(12(23)24)11(6-22)14(18,19)20/h1-3,9,11H,5-6H2,(H,23,24)/t9-,11-/m1/s1. The van der Waals surface area contributed by atoms with E-state index in [1.54, 1.807) is 0 Å². The Hall–Kier alpha value is -2.44. The van der Waals surface area contributed by atoms with Gasteiger partial charge in [0.2, 0.25) is 0 Å². The van der Waals surface area contributed by atoms with Gasteiger partial charge >= 0.3 is 18.3 Å². The highest BCUT2D eigenvalue weighted by Crippen LogP contribution is 2.40. The Morgan fingerprint density at radius 3 is 2.25 bits per heavy atom. The van der Waals surface area contributed by atoms with E-state index in [9.17, 15) is 31.1 Å². The Bertz CT molecular complexity index is 692. The molecule has 130 valence electrons. The number of nitriles is 1. The quantitative estimate of drug-likeness (QED) is 0.830. The van der Waals surface area contributed by atoms with Crippen LogP contribution in [-0.4, -0.2) is 30.3 Å². The molecule has 0 aliphatic carbocycles. The zero-order valence-corrected chi connectivity index (χ0v) is 11.8. The van der Waals surface area contributed by atoms with E-state index < -0.39 is 54.4 Å². The molecule has 10 heteroatoms. The van der Waals surface area contributed by atoms with Gasteiger partial charge in [-0.25, -0.2) is 0 Å². The number of carbonyl (C=O) groups is 1. The fourth-order valence-electron chi connectivity index (χ4n) is 2.67. The third-order valence-electron chi connectivity index (χ3n) is 3.85. The van der Waals surface area contributed by atoms with E-state index in [1.807, 2.05) is 0 Å². The number of carboxylic acids is 1. The monoisotopic (exact) mass is 352 g/mol. The van der Waals surface area contributed by atoms with Gasteiger partial charge in [-0.1, -0.05) is 0 Å². The number of aliphatic carboxylic acids is 1. The van der Waals surface area contributed by atoms with Crippen molar-refractivity contribution in [3.63, 3.8) is 0 Å². The zero-order valence-electron chi connectivity index (χ0n) is 11.8. The molecule has 0 spiro atoms. The second kappa shape index (κ2) is 5.89. The third-order valence-corrected chi connectivity index (χ3v) is 3.85. The number of hydrogen-bond donors (Lipinski definition) is 1. The van der Waals surface area contributed by atoms with Crippen molar-refractivity contribution in [1.82, 2.24) is 0 Å². The average Bonchev–Trinajstić information content (AvgIpc) is 2.91. The van der Waals surface area contributed by atoms with Crippen molar-refractivity contribution >= 4 is 11.7 Å². The topological polar surface area (TPSA) is 64.3 Å². The van der Waals surface area contributed by atoms with E-state index in [4.69, 9.17) is 10.4 Å². The summed E-state index contributed by atoms with van der Waals surface area (Å²) >= 11 is 0. The zero-order chi connectivity index (χ0) is 18.3. The first-order valence-electron chi connectivity index (χ1n) is 6.61. The third kappa shape index (κ3) is 3.39. The Morgan fingerprint density at radius 1 is 1.21 bits per heavy atom. The van der Waals surface area contributed by atoms with Crippen LogP contribution in [0.5, 0.6) is 0 Å². The summed E-state index contributed by atoms with van der Waals surface area (Å²) in [5.74, 6) is -5.49. The Kier molecular flexibility index (Phi) is 4.39. The summed E-state index contributed by atoms with van der Waals surface area (Å²) in [6.07, 6.45) is -9.52. The number of anilines is 1. The minimum atomic E-state index is -4.77. The molecule has 2 rings (SSSR count). The van der Waals surface area contributed by atoms with Gasteiger partial charge in [0.05, 0.1) is 29.0 Å². The molecular formula is C14H10F6N2O2. The molecule has 1 aliphatic rings. The highest BCUT2D eigenvalue weighted by molar-refractivity contribution is 5.73. The molecule has 0 aromatic heterocycles. The van der Waals surface area contributed by atoms with Gasteiger partial charge in [0.15, 0.2) is 0 Å². The Balaban J connectivity index is 2.37. The van der Waals surface area contributed by atoms with Crippen LogP contribution in [0.1, 0.15) is 11.1 Å². The molecule has 4 nitrogen and oxygen atoms in total. The van der Waals surface area contributed by atoms with Gasteiger partial charge in [0.1, 0.15) is 0 Å². The minimum Gasteiger partial charge on any atom is -0.481 e. The molecule has 0 bridgehead atoms. The van der Waals surface area contributed by atoms with E-state index in [0.29, 0.717) is 6.07 Å². The molecule has 0 radical (unpaired) electrons. The fourth-order valence-corrected chi connectivity index (χ4v) is 2.67. The van der Waals surface area contributed by atoms with Crippen LogP contribution in [0.2, 0.25) is 0 Å². The van der Waals surface area contributed by atoms with Crippen LogP contribution in [0.4, 0.5) is 32.0 Å². The Labute approximate surface area is 131 Å². The van der Waals surface area contributed by atoms with E-state index in [0.717, 1.165) is 17.0 Å². The van der Waals surface area contributed by atoms with Crippen molar-refractivity contribution in [2.45, 2.75) is 12.4 Å². The second-order valence-electron chi connectivity index (χ2n) is 5.34. The molecule has 1 aromatic carbocycles. The lowest BCUT2D eigenvalue weighted by Gasteiger charge is -2.20. The molecule has 1 saturated heterocycles. The number of carboxylic acid groups (broad SMARTS) is 1. The van der Waals surface area contributed by atoms with Crippen molar-refractivity contribution in [3.05, 3.63) is 29.3 Å². The number of benzene rings is 1. The van der Waals surface area contributed by atoms with E-state index >= 15 is 0 Å². The van der Waals surface area contributed by atoms with Crippen LogP contribution >= 0.6 is 0 Å². The summed E-state index contributed by atoms with van der Waals surface area (Å²) < 4.78 is 77.0. The normalized spacial score (nSPS) is 21.6. The predicted octanol–water partition coefficient (Wildman–Crippen LogP) is 3.28. The van der Waals surface area contributed by atoms with Crippen LogP contribution in [0, 0.1) is 23.2 Å². The van der Waals surface area contributed by atoms with Gasteiger partial charge in [-0.15, -0.1) is 0 Å². The van der Waals surface area contributed by atoms with Crippen molar-refractivity contribution in [1.29, 1.82) is 5.26 Å². The molecular weight excluding hydrogens is 342 g/mol. The van der Waals surface area contributed by atoms with Crippen LogP contribution in [-0.2, 0) is 11.0 Å². The summed E-state index contributed by atoms with van der Waals surface area (Å²) in [7, 11) is 0. The first kappa shape index (κ1) is 17.9. The summed E-state index contributed by atoms with van der Waals surface area (Å²) in [4.78, 5) is 12.0. The molecule has 0 amide bonds. The maximum atomic E-state index is 12.9. The molecule has 2 atom stereocenters. The largest absolute Gasteiger partial charge is 0.481 e. The van der Waals surface area contributed by atoms with Crippen LogP contribution in [0.15, 0.2) is 18.2 Å². The molecule has 1 heterocycles. The van der Waals surface area contributed by atoms with E-state index in [2.05, 4.69) is 0 Å². The lowest BCUT2D eigenvalue weighted by atomic mass is 9.96. The molecule has 24 heavy (non-hydrogen) atoms. The second-order valence-corrected chi connectivity index (χ2v) is 5.34.